The minimum Gasteiger partial charge on any atom is -0.369 e. The number of rotatable bonds is 5. The Morgan fingerprint density at radius 1 is 1.48 bits per heavy atom. The number of hydrogen-bond acceptors (Lipinski definition) is 4. The first-order chi connectivity index (χ1) is 9.90. The van der Waals surface area contributed by atoms with Crippen molar-refractivity contribution < 1.29 is 13.9 Å². The molecule has 112 valence electrons. The third-order valence-electron chi connectivity index (χ3n) is 3.07. The molecule has 0 saturated heterocycles. The fraction of sp³-hybridized carbons (Fsp3) is 0.357. The van der Waals surface area contributed by atoms with E-state index in [4.69, 9.17) is 4.74 Å². The van der Waals surface area contributed by atoms with E-state index in [0.29, 0.717) is 12.2 Å². The zero-order valence-corrected chi connectivity index (χ0v) is 12.1. The minimum absolute atomic E-state index is 0.163. The number of methoxy groups -OCH3 is 1. The van der Waals surface area contributed by atoms with Gasteiger partial charge in [-0.1, -0.05) is 12.1 Å². The van der Waals surface area contributed by atoms with Gasteiger partial charge in [0.2, 0.25) is 5.95 Å². The summed E-state index contributed by atoms with van der Waals surface area (Å²) in [7, 11) is 1.45. The van der Waals surface area contributed by atoms with Crippen LogP contribution in [0.3, 0.4) is 0 Å². The first-order valence-corrected chi connectivity index (χ1v) is 6.43. The van der Waals surface area contributed by atoms with Gasteiger partial charge in [0.1, 0.15) is 17.2 Å². The summed E-state index contributed by atoms with van der Waals surface area (Å²) in [5.74, 6) is 0.0475. The van der Waals surface area contributed by atoms with Crippen molar-refractivity contribution in [2.45, 2.75) is 25.9 Å². The molecule has 1 aromatic carbocycles. The van der Waals surface area contributed by atoms with Gasteiger partial charge in [0.15, 0.2) is 0 Å². The largest absolute Gasteiger partial charge is 0.369 e. The molecule has 2 aromatic rings. The van der Waals surface area contributed by atoms with Gasteiger partial charge in [0.05, 0.1) is 0 Å². The third-order valence-corrected chi connectivity index (χ3v) is 3.07. The highest BCUT2D eigenvalue weighted by Gasteiger charge is 2.27. The quantitative estimate of drug-likeness (QED) is 0.882. The van der Waals surface area contributed by atoms with Crippen LogP contribution in [0.2, 0.25) is 0 Å². The number of carbonyl (C=O) groups is 1. The molecule has 21 heavy (non-hydrogen) atoms. The number of benzene rings is 1. The Kier molecular flexibility index (Phi) is 4.32. The molecule has 1 amide bonds. The van der Waals surface area contributed by atoms with E-state index in [2.05, 4.69) is 20.5 Å². The summed E-state index contributed by atoms with van der Waals surface area (Å²) in [4.78, 5) is 16.0. The fourth-order valence-electron chi connectivity index (χ4n) is 1.62. The van der Waals surface area contributed by atoms with Crippen LogP contribution in [0, 0.1) is 5.82 Å². The topological polar surface area (TPSA) is 79.9 Å². The first-order valence-electron chi connectivity index (χ1n) is 6.43. The molecule has 0 aliphatic rings. The summed E-state index contributed by atoms with van der Waals surface area (Å²) in [5, 5.41) is 9.17. The molecule has 0 unspecified atom stereocenters. The maximum Gasteiger partial charge on any atom is 0.258 e. The summed E-state index contributed by atoms with van der Waals surface area (Å²) in [6.45, 7) is 3.28. The van der Waals surface area contributed by atoms with Crippen molar-refractivity contribution in [2.75, 3.05) is 12.4 Å². The van der Waals surface area contributed by atoms with E-state index in [-0.39, 0.29) is 17.7 Å². The predicted molar refractivity (Wildman–Crippen MR) is 75.3 cm³/mol. The highest BCUT2D eigenvalue weighted by Crippen LogP contribution is 2.12. The Morgan fingerprint density at radius 2 is 2.24 bits per heavy atom. The number of ether oxygens (including phenoxy) is 1. The average molecular weight is 292 g/mol. The monoisotopic (exact) mass is 292 g/mol. The molecule has 0 spiro atoms. The zero-order valence-electron chi connectivity index (χ0n) is 12.1. The summed E-state index contributed by atoms with van der Waals surface area (Å²) in [6, 6.07) is 6.22. The van der Waals surface area contributed by atoms with Gasteiger partial charge in [-0.15, -0.1) is 5.10 Å². The van der Waals surface area contributed by atoms with Gasteiger partial charge < -0.3 is 4.74 Å². The number of halogens is 1. The molecule has 0 atom stereocenters. The van der Waals surface area contributed by atoms with Crippen LogP contribution in [0.15, 0.2) is 24.3 Å². The van der Waals surface area contributed by atoms with Crippen molar-refractivity contribution in [1.82, 2.24) is 15.2 Å². The van der Waals surface area contributed by atoms with E-state index in [1.54, 1.807) is 26.0 Å². The molecule has 0 fully saturated rings. The molecular formula is C14H17FN4O2. The van der Waals surface area contributed by atoms with Crippen molar-refractivity contribution in [3.05, 3.63) is 41.5 Å². The lowest BCUT2D eigenvalue weighted by Crippen LogP contribution is -2.39. The van der Waals surface area contributed by atoms with Crippen LogP contribution in [0.4, 0.5) is 10.3 Å². The predicted octanol–water partition coefficient (Wildman–Crippen LogP) is 1.90. The van der Waals surface area contributed by atoms with E-state index in [1.165, 1.54) is 19.2 Å². The van der Waals surface area contributed by atoms with E-state index in [9.17, 15) is 9.18 Å². The molecule has 6 nitrogen and oxygen atoms in total. The number of anilines is 1. The molecule has 1 heterocycles. The lowest BCUT2D eigenvalue weighted by Gasteiger charge is -2.20. The van der Waals surface area contributed by atoms with Crippen molar-refractivity contribution >= 4 is 11.9 Å². The summed E-state index contributed by atoms with van der Waals surface area (Å²) < 4.78 is 18.2. The smallest absolute Gasteiger partial charge is 0.258 e. The van der Waals surface area contributed by atoms with E-state index in [1.807, 2.05) is 0 Å². The molecule has 0 saturated carbocycles. The van der Waals surface area contributed by atoms with Gasteiger partial charge in [-0.2, -0.15) is 4.98 Å². The molecule has 0 bridgehead atoms. The summed E-state index contributed by atoms with van der Waals surface area (Å²) in [5.41, 5.74) is -0.204. The number of aromatic nitrogens is 3. The van der Waals surface area contributed by atoms with Gasteiger partial charge in [0, 0.05) is 13.5 Å². The highest BCUT2D eigenvalue weighted by molar-refractivity contribution is 5.95. The van der Waals surface area contributed by atoms with Crippen LogP contribution >= 0.6 is 0 Å². The molecule has 2 rings (SSSR count). The average Bonchev–Trinajstić information content (AvgIpc) is 2.86. The second kappa shape index (κ2) is 6.01. The van der Waals surface area contributed by atoms with Crippen LogP contribution < -0.4 is 5.32 Å². The van der Waals surface area contributed by atoms with Crippen LogP contribution in [0.25, 0.3) is 0 Å². The van der Waals surface area contributed by atoms with Crippen molar-refractivity contribution in [3.8, 4) is 0 Å². The fourth-order valence-corrected chi connectivity index (χ4v) is 1.62. The van der Waals surface area contributed by atoms with E-state index < -0.39 is 5.60 Å². The SMILES string of the molecule is COC(C)(C)C(=O)Nc1n[nH]c(Cc2cccc(F)c2)n1. The number of carbonyl (C=O) groups excluding carboxylic acids is 1. The normalized spacial score (nSPS) is 11.4. The molecule has 7 heteroatoms. The Hall–Kier alpha value is -2.28. The van der Waals surface area contributed by atoms with Crippen LogP contribution in [0.1, 0.15) is 25.2 Å². The number of amides is 1. The first kappa shape index (κ1) is 15.1. The van der Waals surface area contributed by atoms with E-state index >= 15 is 0 Å². The zero-order chi connectivity index (χ0) is 15.5. The minimum atomic E-state index is -0.969. The Balaban J connectivity index is 2.03. The highest BCUT2D eigenvalue weighted by atomic mass is 19.1. The Labute approximate surface area is 121 Å². The Bertz CT molecular complexity index is 639. The maximum absolute atomic E-state index is 13.1. The molecule has 0 aliphatic heterocycles. The second-order valence-electron chi connectivity index (χ2n) is 5.08. The van der Waals surface area contributed by atoms with Gasteiger partial charge in [-0.3, -0.25) is 15.2 Å². The van der Waals surface area contributed by atoms with Gasteiger partial charge in [-0.05, 0) is 31.5 Å². The van der Waals surface area contributed by atoms with Gasteiger partial charge in [-0.25, -0.2) is 4.39 Å². The summed E-state index contributed by atoms with van der Waals surface area (Å²) in [6.07, 6.45) is 0.397. The number of nitrogens with zero attached hydrogens (tertiary/aromatic N) is 2. The van der Waals surface area contributed by atoms with Crippen molar-refractivity contribution in [3.63, 3.8) is 0 Å². The van der Waals surface area contributed by atoms with Crippen molar-refractivity contribution in [1.29, 1.82) is 0 Å². The van der Waals surface area contributed by atoms with Crippen LogP contribution in [0.5, 0.6) is 0 Å². The lowest BCUT2D eigenvalue weighted by atomic mass is 10.1. The number of hydrogen-bond donors (Lipinski definition) is 2. The molecule has 0 radical (unpaired) electrons. The molecule has 0 aliphatic carbocycles. The lowest BCUT2D eigenvalue weighted by molar-refractivity contribution is -0.133. The standard InChI is InChI=1S/C14H17FN4O2/c1-14(2,21-3)12(20)17-13-16-11(18-19-13)8-9-5-4-6-10(15)7-9/h4-7H,8H2,1-3H3,(H2,16,17,18,19,20). The second-order valence-corrected chi connectivity index (χ2v) is 5.08. The molecule has 1 aromatic heterocycles. The van der Waals surface area contributed by atoms with Crippen LogP contribution in [-0.2, 0) is 16.0 Å². The number of nitrogens with one attached hydrogen (secondary N) is 2. The van der Waals surface area contributed by atoms with E-state index in [0.717, 1.165) is 5.56 Å². The van der Waals surface area contributed by atoms with Crippen molar-refractivity contribution in [2.24, 2.45) is 0 Å². The number of aromatic amines is 1. The van der Waals surface area contributed by atoms with Gasteiger partial charge >= 0.3 is 0 Å². The summed E-state index contributed by atoms with van der Waals surface area (Å²) >= 11 is 0. The number of H-pyrrole nitrogens is 1. The third kappa shape index (κ3) is 3.85. The molecule has 2 N–H and O–H groups in total. The van der Waals surface area contributed by atoms with Gasteiger partial charge in [0.25, 0.3) is 5.91 Å². The Morgan fingerprint density at radius 3 is 2.90 bits per heavy atom. The molecular weight excluding hydrogens is 275 g/mol. The maximum atomic E-state index is 13.1. The van der Waals surface area contributed by atoms with Crippen LogP contribution in [-0.4, -0.2) is 33.8 Å².